The second-order valence-electron chi connectivity index (χ2n) is 4.97. The third-order valence-corrected chi connectivity index (χ3v) is 3.95. The first-order valence-corrected chi connectivity index (χ1v) is 5.99. The van der Waals surface area contributed by atoms with E-state index in [4.69, 9.17) is 4.74 Å². The van der Waals surface area contributed by atoms with E-state index in [1.165, 1.54) is 0 Å². The van der Waals surface area contributed by atoms with E-state index >= 15 is 0 Å². The van der Waals surface area contributed by atoms with Crippen LogP contribution in [-0.4, -0.2) is 43.0 Å². The van der Waals surface area contributed by atoms with Gasteiger partial charge >= 0.3 is 0 Å². The van der Waals surface area contributed by atoms with Gasteiger partial charge in [-0.1, -0.05) is 6.92 Å². The van der Waals surface area contributed by atoms with Crippen LogP contribution in [0.4, 0.5) is 0 Å². The Morgan fingerprint density at radius 2 is 2.20 bits per heavy atom. The molecule has 3 nitrogen and oxygen atoms in total. The summed E-state index contributed by atoms with van der Waals surface area (Å²) in [4.78, 5) is 13.9. The number of nitrogens with zero attached hydrogens (tertiary/aromatic N) is 1. The predicted octanol–water partition coefficient (Wildman–Crippen LogP) is 1.46. The maximum absolute atomic E-state index is 11.5. The van der Waals surface area contributed by atoms with Crippen molar-refractivity contribution in [1.29, 1.82) is 0 Å². The Balaban J connectivity index is 1.94. The van der Waals surface area contributed by atoms with Crippen molar-refractivity contribution in [3.05, 3.63) is 0 Å². The lowest BCUT2D eigenvalue weighted by Crippen LogP contribution is -2.43. The highest BCUT2D eigenvalue weighted by atomic mass is 16.5. The summed E-state index contributed by atoms with van der Waals surface area (Å²) in [5, 5.41) is 0. The number of ether oxygens (including phenoxy) is 1. The van der Waals surface area contributed by atoms with Crippen molar-refractivity contribution in [1.82, 2.24) is 4.90 Å². The molecule has 2 rings (SSSR count). The molecule has 0 aromatic heterocycles. The summed E-state index contributed by atoms with van der Waals surface area (Å²) in [6, 6.07) is 0.478. The zero-order valence-electron chi connectivity index (χ0n) is 9.74. The van der Waals surface area contributed by atoms with E-state index in [0.29, 0.717) is 23.8 Å². The quantitative estimate of drug-likeness (QED) is 0.692. The first-order chi connectivity index (χ1) is 7.20. The minimum atomic E-state index is 0.384. The van der Waals surface area contributed by atoms with E-state index in [1.807, 2.05) is 0 Å². The van der Waals surface area contributed by atoms with Crippen LogP contribution in [0.15, 0.2) is 0 Å². The molecule has 0 radical (unpaired) electrons. The minimum absolute atomic E-state index is 0.384. The third kappa shape index (κ3) is 2.40. The predicted molar refractivity (Wildman–Crippen MR) is 58.8 cm³/mol. The normalized spacial score (nSPS) is 38.5. The van der Waals surface area contributed by atoms with Crippen LogP contribution in [0.3, 0.4) is 0 Å². The smallest absolute Gasteiger partial charge is 0.134 e. The fraction of sp³-hybridized carbons (Fsp3) is 0.917. The second kappa shape index (κ2) is 4.62. The maximum atomic E-state index is 11.5. The summed E-state index contributed by atoms with van der Waals surface area (Å²) >= 11 is 0. The van der Waals surface area contributed by atoms with E-state index in [1.54, 1.807) is 7.11 Å². The summed E-state index contributed by atoms with van der Waals surface area (Å²) in [5.74, 6) is 1.11. The molecular weight excluding hydrogens is 190 g/mol. The molecule has 0 amide bonds. The SMILES string of the molecule is COC1CCN(C2CC(=O)CCC2C)C1. The van der Waals surface area contributed by atoms with Crippen LogP contribution in [0.5, 0.6) is 0 Å². The zero-order chi connectivity index (χ0) is 10.8. The van der Waals surface area contributed by atoms with Crippen molar-refractivity contribution in [3.63, 3.8) is 0 Å². The highest BCUT2D eigenvalue weighted by Gasteiger charge is 2.34. The Morgan fingerprint density at radius 1 is 1.40 bits per heavy atom. The first-order valence-electron chi connectivity index (χ1n) is 5.99. The molecule has 1 saturated carbocycles. The fourth-order valence-electron chi connectivity index (χ4n) is 2.85. The van der Waals surface area contributed by atoms with Crippen LogP contribution in [0.25, 0.3) is 0 Å². The van der Waals surface area contributed by atoms with Gasteiger partial charge in [0.2, 0.25) is 0 Å². The van der Waals surface area contributed by atoms with Gasteiger partial charge in [0.15, 0.2) is 0 Å². The van der Waals surface area contributed by atoms with Gasteiger partial charge < -0.3 is 4.74 Å². The molecule has 0 spiro atoms. The molecule has 1 aliphatic carbocycles. The molecule has 86 valence electrons. The molecule has 0 bridgehead atoms. The number of Topliss-reactive ketones (excluding diaryl/α,β-unsaturated/α-hetero) is 1. The number of rotatable bonds is 2. The Hall–Kier alpha value is -0.410. The monoisotopic (exact) mass is 211 g/mol. The van der Waals surface area contributed by atoms with Gasteiger partial charge in [0.25, 0.3) is 0 Å². The van der Waals surface area contributed by atoms with Crippen LogP contribution in [-0.2, 0) is 9.53 Å². The molecule has 2 aliphatic rings. The van der Waals surface area contributed by atoms with Gasteiger partial charge in [-0.05, 0) is 18.8 Å². The lowest BCUT2D eigenvalue weighted by atomic mass is 9.84. The van der Waals surface area contributed by atoms with Gasteiger partial charge in [0.05, 0.1) is 6.10 Å². The summed E-state index contributed by atoms with van der Waals surface area (Å²) in [5.41, 5.74) is 0. The van der Waals surface area contributed by atoms with Crippen LogP contribution >= 0.6 is 0 Å². The number of hydrogen-bond donors (Lipinski definition) is 0. The number of hydrogen-bond acceptors (Lipinski definition) is 3. The van der Waals surface area contributed by atoms with Gasteiger partial charge in [-0.3, -0.25) is 9.69 Å². The van der Waals surface area contributed by atoms with Crippen molar-refractivity contribution in [2.75, 3.05) is 20.2 Å². The lowest BCUT2D eigenvalue weighted by molar-refractivity contribution is -0.123. The minimum Gasteiger partial charge on any atom is -0.380 e. The van der Waals surface area contributed by atoms with Crippen LogP contribution in [0, 0.1) is 5.92 Å². The third-order valence-electron chi connectivity index (χ3n) is 3.95. The Morgan fingerprint density at radius 3 is 2.87 bits per heavy atom. The Labute approximate surface area is 91.8 Å². The average molecular weight is 211 g/mol. The highest BCUT2D eigenvalue weighted by molar-refractivity contribution is 5.79. The van der Waals surface area contributed by atoms with E-state index < -0.39 is 0 Å². The standard InChI is InChI=1S/C12H21NO2/c1-9-3-4-10(14)7-12(9)13-6-5-11(8-13)15-2/h9,11-12H,3-8H2,1-2H3. The molecule has 1 saturated heterocycles. The molecule has 0 aromatic carbocycles. The van der Waals surface area contributed by atoms with Gasteiger partial charge in [-0.15, -0.1) is 0 Å². The second-order valence-corrected chi connectivity index (χ2v) is 4.97. The molecule has 3 unspecified atom stereocenters. The van der Waals surface area contributed by atoms with Crippen molar-refractivity contribution >= 4 is 5.78 Å². The van der Waals surface area contributed by atoms with E-state index in [-0.39, 0.29) is 0 Å². The highest BCUT2D eigenvalue weighted by Crippen LogP contribution is 2.29. The molecule has 2 fully saturated rings. The molecule has 0 aromatic rings. The molecule has 3 heteroatoms. The van der Waals surface area contributed by atoms with Gasteiger partial charge in [0, 0.05) is 39.1 Å². The molecule has 1 aliphatic heterocycles. The van der Waals surface area contributed by atoms with Crippen molar-refractivity contribution in [3.8, 4) is 0 Å². The number of carbonyl (C=O) groups excluding carboxylic acids is 1. The number of likely N-dealkylation sites (tertiary alicyclic amines) is 1. The number of methoxy groups -OCH3 is 1. The number of ketones is 1. The summed E-state index contributed by atoms with van der Waals surface area (Å²) in [6.45, 7) is 4.39. The van der Waals surface area contributed by atoms with Crippen molar-refractivity contribution in [2.24, 2.45) is 5.92 Å². The first kappa shape index (κ1) is 11.1. The largest absolute Gasteiger partial charge is 0.380 e. The van der Waals surface area contributed by atoms with Gasteiger partial charge in [0.1, 0.15) is 5.78 Å². The van der Waals surface area contributed by atoms with Gasteiger partial charge in [-0.25, -0.2) is 0 Å². The van der Waals surface area contributed by atoms with E-state index in [0.717, 1.165) is 38.8 Å². The lowest BCUT2D eigenvalue weighted by Gasteiger charge is -2.35. The maximum Gasteiger partial charge on any atom is 0.134 e. The Bertz CT molecular complexity index is 242. The number of carbonyl (C=O) groups is 1. The summed E-state index contributed by atoms with van der Waals surface area (Å²) in [7, 11) is 1.78. The van der Waals surface area contributed by atoms with Crippen LogP contribution in [0.1, 0.15) is 32.6 Å². The Kier molecular flexibility index (Phi) is 3.42. The molecule has 3 atom stereocenters. The fourth-order valence-corrected chi connectivity index (χ4v) is 2.85. The van der Waals surface area contributed by atoms with Gasteiger partial charge in [-0.2, -0.15) is 0 Å². The zero-order valence-corrected chi connectivity index (χ0v) is 9.74. The average Bonchev–Trinajstić information content (AvgIpc) is 2.70. The van der Waals surface area contributed by atoms with Crippen LogP contribution < -0.4 is 0 Å². The summed E-state index contributed by atoms with van der Waals surface area (Å²) in [6.07, 6.45) is 4.12. The van der Waals surface area contributed by atoms with Crippen molar-refractivity contribution < 1.29 is 9.53 Å². The molecule has 1 heterocycles. The van der Waals surface area contributed by atoms with E-state index in [9.17, 15) is 4.79 Å². The summed E-state index contributed by atoms with van der Waals surface area (Å²) < 4.78 is 5.37. The molecular formula is C12H21NO2. The molecule has 0 N–H and O–H groups in total. The topological polar surface area (TPSA) is 29.5 Å². The van der Waals surface area contributed by atoms with Crippen LogP contribution in [0.2, 0.25) is 0 Å². The molecule has 15 heavy (non-hydrogen) atoms. The van der Waals surface area contributed by atoms with Crippen molar-refractivity contribution in [2.45, 2.75) is 44.8 Å². The van der Waals surface area contributed by atoms with E-state index in [2.05, 4.69) is 11.8 Å².